The standard InChI is InChI=1S/C16H18N4/c17-14-5-1-3-11-7-8-20(9-13(11)14)16-12-4-2-6-15(12)18-10-19-16/h1,3,5,10H,2,4,6-9,17H2. The number of benzene rings is 1. The van der Waals surface area contributed by atoms with Gasteiger partial charge in [0.2, 0.25) is 0 Å². The topological polar surface area (TPSA) is 55.0 Å². The summed E-state index contributed by atoms with van der Waals surface area (Å²) in [6.07, 6.45) is 6.16. The van der Waals surface area contributed by atoms with Gasteiger partial charge >= 0.3 is 0 Å². The van der Waals surface area contributed by atoms with Crippen molar-refractivity contribution in [3.05, 3.63) is 46.9 Å². The second-order valence-electron chi connectivity index (χ2n) is 5.63. The highest BCUT2D eigenvalue weighted by Crippen LogP contribution is 2.32. The molecule has 0 fully saturated rings. The van der Waals surface area contributed by atoms with E-state index in [1.807, 2.05) is 12.1 Å². The summed E-state index contributed by atoms with van der Waals surface area (Å²) in [6, 6.07) is 6.23. The summed E-state index contributed by atoms with van der Waals surface area (Å²) in [5, 5.41) is 0. The van der Waals surface area contributed by atoms with Crippen molar-refractivity contribution in [2.45, 2.75) is 32.2 Å². The van der Waals surface area contributed by atoms with E-state index in [1.165, 1.54) is 28.8 Å². The van der Waals surface area contributed by atoms with Crippen LogP contribution in [0.15, 0.2) is 24.5 Å². The Hall–Kier alpha value is -2.10. The first-order chi connectivity index (χ1) is 9.83. The molecule has 1 aromatic carbocycles. The van der Waals surface area contributed by atoms with Crippen molar-refractivity contribution in [2.24, 2.45) is 0 Å². The van der Waals surface area contributed by atoms with Crippen molar-refractivity contribution in [3.63, 3.8) is 0 Å². The van der Waals surface area contributed by atoms with E-state index in [0.717, 1.165) is 43.9 Å². The molecule has 2 aromatic rings. The first-order valence-electron chi connectivity index (χ1n) is 7.27. The third-order valence-corrected chi connectivity index (χ3v) is 4.46. The van der Waals surface area contributed by atoms with Crippen LogP contribution in [-0.4, -0.2) is 16.5 Å². The number of hydrogen-bond donors (Lipinski definition) is 1. The van der Waals surface area contributed by atoms with Gasteiger partial charge in [-0.2, -0.15) is 0 Å². The summed E-state index contributed by atoms with van der Waals surface area (Å²) in [4.78, 5) is 11.3. The van der Waals surface area contributed by atoms with E-state index >= 15 is 0 Å². The molecule has 0 saturated heterocycles. The van der Waals surface area contributed by atoms with Crippen LogP contribution in [0.1, 0.15) is 28.8 Å². The monoisotopic (exact) mass is 266 g/mol. The molecule has 4 rings (SSSR count). The highest BCUT2D eigenvalue weighted by molar-refractivity contribution is 5.58. The summed E-state index contributed by atoms with van der Waals surface area (Å²) in [6.45, 7) is 1.88. The van der Waals surface area contributed by atoms with Crippen LogP contribution in [0.3, 0.4) is 0 Å². The highest BCUT2D eigenvalue weighted by Gasteiger charge is 2.24. The van der Waals surface area contributed by atoms with Crippen LogP contribution in [0.4, 0.5) is 11.5 Å². The van der Waals surface area contributed by atoms with Gasteiger partial charge in [0, 0.05) is 30.0 Å². The summed E-state index contributed by atoms with van der Waals surface area (Å²) < 4.78 is 0. The quantitative estimate of drug-likeness (QED) is 0.803. The van der Waals surface area contributed by atoms with Gasteiger partial charge in [-0.1, -0.05) is 12.1 Å². The number of nitrogen functional groups attached to an aromatic ring is 1. The molecule has 0 atom stereocenters. The van der Waals surface area contributed by atoms with E-state index in [4.69, 9.17) is 5.73 Å². The largest absolute Gasteiger partial charge is 0.398 e. The first-order valence-corrected chi connectivity index (χ1v) is 7.27. The highest BCUT2D eigenvalue weighted by atomic mass is 15.2. The van der Waals surface area contributed by atoms with Crippen LogP contribution < -0.4 is 10.6 Å². The molecule has 4 heteroatoms. The normalized spacial score (nSPS) is 16.9. The molecule has 0 unspecified atom stereocenters. The second-order valence-corrected chi connectivity index (χ2v) is 5.63. The smallest absolute Gasteiger partial charge is 0.135 e. The van der Waals surface area contributed by atoms with Crippen molar-refractivity contribution in [3.8, 4) is 0 Å². The van der Waals surface area contributed by atoms with Crippen LogP contribution in [0.5, 0.6) is 0 Å². The molecular weight excluding hydrogens is 248 g/mol. The Morgan fingerprint density at radius 3 is 2.95 bits per heavy atom. The summed E-state index contributed by atoms with van der Waals surface area (Å²) in [5.41, 5.74) is 12.3. The van der Waals surface area contributed by atoms with Gasteiger partial charge in [0.25, 0.3) is 0 Å². The zero-order chi connectivity index (χ0) is 13.5. The number of fused-ring (bicyclic) bond motifs is 2. The number of anilines is 2. The maximum atomic E-state index is 6.14. The molecule has 1 aliphatic heterocycles. The first kappa shape index (κ1) is 11.7. The van der Waals surface area contributed by atoms with E-state index in [1.54, 1.807) is 6.33 Å². The van der Waals surface area contributed by atoms with Crippen LogP contribution in [-0.2, 0) is 25.8 Å². The van der Waals surface area contributed by atoms with Gasteiger partial charge in [-0.05, 0) is 42.9 Å². The molecule has 1 aromatic heterocycles. The minimum Gasteiger partial charge on any atom is -0.398 e. The molecule has 2 heterocycles. The fourth-order valence-corrected chi connectivity index (χ4v) is 3.40. The van der Waals surface area contributed by atoms with E-state index in [-0.39, 0.29) is 0 Å². The van der Waals surface area contributed by atoms with Gasteiger partial charge in [-0.25, -0.2) is 9.97 Å². The maximum absolute atomic E-state index is 6.14. The molecule has 2 aliphatic rings. The lowest BCUT2D eigenvalue weighted by molar-refractivity contribution is 0.715. The van der Waals surface area contributed by atoms with Gasteiger partial charge < -0.3 is 10.6 Å². The predicted octanol–water partition coefficient (Wildman–Crippen LogP) is 2.11. The lowest BCUT2D eigenvalue weighted by Gasteiger charge is -2.31. The number of aryl methyl sites for hydroxylation is 1. The van der Waals surface area contributed by atoms with Gasteiger partial charge in [0.15, 0.2) is 0 Å². The molecule has 0 spiro atoms. The third kappa shape index (κ3) is 1.75. The van der Waals surface area contributed by atoms with E-state index < -0.39 is 0 Å². The van der Waals surface area contributed by atoms with Crippen LogP contribution >= 0.6 is 0 Å². The molecule has 0 bridgehead atoms. The molecule has 0 radical (unpaired) electrons. The average molecular weight is 266 g/mol. The average Bonchev–Trinajstić information content (AvgIpc) is 2.96. The van der Waals surface area contributed by atoms with E-state index in [9.17, 15) is 0 Å². The molecular formula is C16H18N4. The SMILES string of the molecule is Nc1cccc2c1CN(c1ncnc3c1CCC3)CC2. The molecule has 0 saturated carbocycles. The van der Waals surface area contributed by atoms with Gasteiger partial charge in [0.05, 0.1) is 0 Å². The minimum atomic E-state index is 0.867. The summed E-state index contributed by atoms with van der Waals surface area (Å²) >= 11 is 0. The van der Waals surface area contributed by atoms with Crippen molar-refractivity contribution in [1.82, 2.24) is 9.97 Å². The van der Waals surface area contributed by atoms with Gasteiger partial charge in [-0.3, -0.25) is 0 Å². The van der Waals surface area contributed by atoms with Crippen LogP contribution in [0.2, 0.25) is 0 Å². The molecule has 20 heavy (non-hydrogen) atoms. The maximum Gasteiger partial charge on any atom is 0.135 e. The fourth-order valence-electron chi connectivity index (χ4n) is 3.40. The number of aromatic nitrogens is 2. The second kappa shape index (κ2) is 4.47. The number of nitrogens with two attached hydrogens (primary N) is 1. The summed E-state index contributed by atoms with van der Waals surface area (Å²) in [5.74, 6) is 1.13. The van der Waals surface area contributed by atoms with Crippen molar-refractivity contribution >= 4 is 11.5 Å². The zero-order valence-corrected chi connectivity index (χ0v) is 11.5. The molecule has 1 aliphatic carbocycles. The van der Waals surface area contributed by atoms with Crippen molar-refractivity contribution in [2.75, 3.05) is 17.2 Å². The summed E-state index contributed by atoms with van der Waals surface area (Å²) in [7, 11) is 0. The lowest BCUT2D eigenvalue weighted by Crippen LogP contribution is -2.32. The Morgan fingerprint density at radius 1 is 1.05 bits per heavy atom. The van der Waals surface area contributed by atoms with Gasteiger partial charge in [-0.15, -0.1) is 0 Å². The predicted molar refractivity (Wildman–Crippen MR) is 79.7 cm³/mol. The van der Waals surface area contributed by atoms with Crippen molar-refractivity contribution in [1.29, 1.82) is 0 Å². The Labute approximate surface area is 118 Å². The Balaban J connectivity index is 1.72. The van der Waals surface area contributed by atoms with E-state index in [0.29, 0.717) is 0 Å². The minimum absolute atomic E-state index is 0.867. The number of nitrogens with zero attached hydrogens (tertiary/aromatic N) is 3. The molecule has 4 nitrogen and oxygen atoms in total. The Bertz CT molecular complexity index is 666. The molecule has 2 N–H and O–H groups in total. The zero-order valence-electron chi connectivity index (χ0n) is 11.5. The van der Waals surface area contributed by atoms with Crippen LogP contribution in [0.25, 0.3) is 0 Å². The molecule has 102 valence electrons. The van der Waals surface area contributed by atoms with E-state index in [2.05, 4.69) is 20.9 Å². The number of hydrogen-bond acceptors (Lipinski definition) is 4. The van der Waals surface area contributed by atoms with Gasteiger partial charge in [0.1, 0.15) is 12.1 Å². The Morgan fingerprint density at radius 2 is 2.00 bits per heavy atom. The number of rotatable bonds is 1. The van der Waals surface area contributed by atoms with Crippen molar-refractivity contribution < 1.29 is 0 Å². The lowest BCUT2D eigenvalue weighted by atomic mass is 9.98. The molecule has 0 amide bonds. The Kier molecular flexibility index (Phi) is 2.62. The van der Waals surface area contributed by atoms with Crippen LogP contribution in [0, 0.1) is 0 Å². The third-order valence-electron chi connectivity index (χ3n) is 4.46. The fraction of sp³-hybridized carbons (Fsp3) is 0.375.